The highest BCUT2D eigenvalue weighted by Crippen LogP contribution is 2.23. The molecule has 1 aromatic heterocycles. The van der Waals surface area contributed by atoms with Gasteiger partial charge in [0.2, 0.25) is 0 Å². The van der Waals surface area contributed by atoms with Crippen molar-refractivity contribution in [3.63, 3.8) is 0 Å². The van der Waals surface area contributed by atoms with E-state index < -0.39 is 11.9 Å². The number of rotatable bonds is 5. The zero-order valence-electron chi connectivity index (χ0n) is 15.2. The highest BCUT2D eigenvalue weighted by molar-refractivity contribution is 6.02. The van der Waals surface area contributed by atoms with Crippen molar-refractivity contribution >= 4 is 18.0 Å². The summed E-state index contributed by atoms with van der Waals surface area (Å²) < 4.78 is 1.95. The highest BCUT2D eigenvalue weighted by Gasteiger charge is 2.14. The molecule has 0 saturated carbocycles. The van der Waals surface area contributed by atoms with Crippen LogP contribution in [0, 0.1) is 25.2 Å². The molecule has 0 unspecified atom stereocenters. The van der Waals surface area contributed by atoms with E-state index in [0.29, 0.717) is 0 Å². The smallest absolute Gasteiger partial charge is 0.335 e. The van der Waals surface area contributed by atoms with Crippen LogP contribution < -0.4 is 5.32 Å². The van der Waals surface area contributed by atoms with Crippen molar-refractivity contribution in [3.8, 4) is 11.8 Å². The fraction of sp³-hybridized carbons (Fsp3) is 0.250. The van der Waals surface area contributed by atoms with Crippen molar-refractivity contribution in [2.75, 3.05) is 0 Å². The minimum atomic E-state index is -0.976. The molecular formula is C20H21N3O3. The Morgan fingerprint density at radius 1 is 1.23 bits per heavy atom. The van der Waals surface area contributed by atoms with E-state index in [1.54, 1.807) is 30.3 Å². The van der Waals surface area contributed by atoms with E-state index in [0.717, 1.165) is 22.6 Å². The number of aromatic carboxylic acids is 1. The Balaban J connectivity index is 2.44. The summed E-state index contributed by atoms with van der Waals surface area (Å²) in [5, 5.41) is 21.0. The maximum Gasteiger partial charge on any atom is 0.335 e. The molecule has 0 aliphatic heterocycles. The molecular weight excluding hydrogens is 330 g/mol. The molecule has 0 bridgehead atoms. The Labute approximate surface area is 152 Å². The van der Waals surface area contributed by atoms with Crippen molar-refractivity contribution in [1.29, 1.82) is 5.26 Å². The molecule has 0 radical (unpaired) electrons. The molecule has 2 rings (SSSR count). The van der Waals surface area contributed by atoms with Gasteiger partial charge < -0.3 is 15.0 Å². The first kappa shape index (κ1) is 19.0. The molecule has 1 aromatic carbocycles. The van der Waals surface area contributed by atoms with E-state index in [2.05, 4.69) is 5.32 Å². The van der Waals surface area contributed by atoms with Crippen LogP contribution in [0.1, 0.15) is 41.2 Å². The number of carboxylic acids is 1. The Kier molecular flexibility index (Phi) is 5.63. The standard InChI is InChI=1S/C20H21N3O3/c1-12(2)22-19(24)17(11-21)10-16-9-13(3)23(14(16)4)18-7-5-15(6-8-18)20(25)26/h5-10,12H,1-4H3,(H,22,24)(H,25,26)/b17-10-. The second kappa shape index (κ2) is 7.70. The number of carbonyl (C=O) groups excluding carboxylic acids is 1. The Morgan fingerprint density at radius 2 is 1.85 bits per heavy atom. The van der Waals surface area contributed by atoms with E-state index in [9.17, 15) is 14.9 Å². The first-order valence-corrected chi connectivity index (χ1v) is 8.20. The lowest BCUT2D eigenvalue weighted by atomic mass is 10.1. The second-order valence-corrected chi connectivity index (χ2v) is 6.31. The Bertz CT molecular complexity index is 913. The molecule has 134 valence electrons. The first-order valence-electron chi connectivity index (χ1n) is 8.20. The van der Waals surface area contributed by atoms with Gasteiger partial charge in [-0.05, 0) is 69.7 Å². The normalized spacial score (nSPS) is 11.3. The molecule has 0 aliphatic carbocycles. The molecule has 0 saturated heterocycles. The predicted octanol–water partition coefficient (Wildman–Crippen LogP) is 3.22. The van der Waals surface area contributed by atoms with Gasteiger partial charge in [-0.2, -0.15) is 5.26 Å². The van der Waals surface area contributed by atoms with Crippen LogP contribution in [0.4, 0.5) is 0 Å². The quantitative estimate of drug-likeness (QED) is 0.639. The zero-order chi connectivity index (χ0) is 19.4. The molecule has 2 aromatic rings. The van der Waals surface area contributed by atoms with Gasteiger partial charge in [-0.3, -0.25) is 4.79 Å². The lowest BCUT2D eigenvalue weighted by Crippen LogP contribution is -2.30. The topological polar surface area (TPSA) is 95.1 Å². The molecule has 1 amide bonds. The summed E-state index contributed by atoms with van der Waals surface area (Å²) in [6.07, 6.45) is 1.57. The number of nitriles is 1. The van der Waals surface area contributed by atoms with Gasteiger partial charge in [-0.25, -0.2) is 4.79 Å². The summed E-state index contributed by atoms with van der Waals surface area (Å²) in [5.41, 5.74) is 3.61. The van der Waals surface area contributed by atoms with E-state index in [1.165, 1.54) is 0 Å². The van der Waals surface area contributed by atoms with E-state index in [-0.39, 0.29) is 17.2 Å². The van der Waals surface area contributed by atoms with Crippen LogP contribution in [-0.4, -0.2) is 27.6 Å². The molecule has 0 fully saturated rings. The molecule has 6 heteroatoms. The summed E-state index contributed by atoms with van der Waals surface area (Å²) in [5.74, 6) is -1.38. The van der Waals surface area contributed by atoms with E-state index in [4.69, 9.17) is 5.11 Å². The van der Waals surface area contributed by atoms with Crippen molar-refractivity contribution < 1.29 is 14.7 Å². The SMILES string of the molecule is Cc1cc(/C=C(/C#N)C(=O)NC(C)C)c(C)n1-c1ccc(C(=O)O)cc1. The number of nitrogens with one attached hydrogen (secondary N) is 1. The molecule has 6 nitrogen and oxygen atoms in total. The maximum absolute atomic E-state index is 12.1. The van der Waals surface area contributed by atoms with Crippen molar-refractivity contribution in [2.45, 2.75) is 33.7 Å². The van der Waals surface area contributed by atoms with E-state index in [1.807, 2.05) is 44.4 Å². The number of amides is 1. The van der Waals surface area contributed by atoms with Gasteiger partial charge in [0, 0.05) is 23.1 Å². The molecule has 0 spiro atoms. The van der Waals surface area contributed by atoms with Crippen molar-refractivity contribution in [1.82, 2.24) is 9.88 Å². The number of carboxylic acid groups (broad SMARTS) is 1. The fourth-order valence-electron chi connectivity index (χ4n) is 2.73. The summed E-state index contributed by atoms with van der Waals surface area (Å²) >= 11 is 0. The number of aryl methyl sites for hydroxylation is 1. The van der Waals surface area contributed by atoms with Gasteiger partial charge in [-0.15, -0.1) is 0 Å². The van der Waals surface area contributed by atoms with Gasteiger partial charge in [-0.1, -0.05) is 0 Å². The molecule has 2 N–H and O–H groups in total. The fourth-order valence-corrected chi connectivity index (χ4v) is 2.73. The monoisotopic (exact) mass is 351 g/mol. The van der Waals surface area contributed by atoms with Crippen LogP contribution in [0.3, 0.4) is 0 Å². The summed E-state index contributed by atoms with van der Waals surface area (Å²) in [7, 11) is 0. The third-order valence-corrected chi connectivity index (χ3v) is 3.93. The van der Waals surface area contributed by atoms with Gasteiger partial charge >= 0.3 is 5.97 Å². The van der Waals surface area contributed by atoms with Gasteiger partial charge in [0.05, 0.1) is 5.56 Å². The minimum absolute atomic E-state index is 0.0418. The number of benzene rings is 1. The summed E-state index contributed by atoms with van der Waals surface area (Å²) in [4.78, 5) is 23.1. The van der Waals surface area contributed by atoms with E-state index >= 15 is 0 Å². The number of carbonyl (C=O) groups is 2. The average Bonchev–Trinajstić information content (AvgIpc) is 2.85. The largest absolute Gasteiger partial charge is 0.478 e. The van der Waals surface area contributed by atoms with Crippen molar-refractivity contribution in [3.05, 3.63) is 58.4 Å². The summed E-state index contributed by atoms with van der Waals surface area (Å²) in [6.45, 7) is 7.47. The summed E-state index contributed by atoms with van der Waals surface area (Å²) in [6, 6.07) is 10.3. The molecule has 26 heavy (non-hydrogen) atoms. The molecule has 0 aliphatic rings. The van der Waals surface area contributed by atoms with Crippen LogP contribution >= 0.6 is 0 Å². The highest BCUT2D eigenvalue weighted by atomic mass is 16.4. The second-order valence-electron chi connectivity index (χ2n) is 6.31. The van der Waals surface area contributed by atoms with Crippen molar-refractivity contribution in [2.24, 2.45) is 0 Å². The lowest BCUT2D eigenvalue weighted by molar-refractivity contribution is -0.117. The van der Waals surface area contributed by atoms with Crippen LogP contribution in [0.5, 0.6) is 0 Å². The van der Waals surface area contributed by atoms with Gasteiger partial charge in [0.25, 0.3) is 5.91 Å². The van der Waals surface area contributed by atoms with Crippen LogP contribution in [-0.2, 0) is 4.79 Å². The Morgan fingerprint density at radius 3 is 2.35 bits per heavy atom. The number of hydrogen-bond acceptors (Lipinski definition) is 3. The van der Waals surface area contributed by atoms with Crippen LogP contribution in [0.2, 0.25) is 0 Å². The first-order chi connectivity index (χ1) is 12.2. The number of nitrogens with zero attached hydrogens (tertiary/aromatic N) is 2. The van der Waals surface area contributed by atoms with Gasteiger partial charge in [0.1, 0.15) is 11.6 Å². The lowest BCUT2D eigenvalue weighted by Gasteiger charge is -2.10. The molecule has 0 atom stereocenters. The zero-order valence-corrected chi connectivity index (χ0v) is 15.2. The minimum Gasteiger partial charge on any atom is -0.478 e. The predicted molar refractivity (Wildman–Crippen MR) is 99.1 cm³/mol. The van der Waals surface area contributed by atoms with Crippen LogP contribution in [0.15, 0.2) is 35.9 Å². The average molecular weight is 351 g/mol. The maximum atomic E-state index is 12.1. The number of aromatic nitrogens is 1. The molecule has 1 heterocycles. The third-order valence-electron chi connectivity index (χ3n) is 3.93. The third kappa shape index (κ3) is 4.01. The van der Waals surface area contributed by atoms with Gasteiger partial charge in [0.15, 0.2) is 0 Å². The number of hydrogen-bond donors (Lipinski definition) is 2. The van der Waals surface area contributed by atoms with Crippen LogP contribution in [0.25, 0.3) is 11.8 Å². The Hall–Kier alpha value is -3.33.